The van der Waals surface area contributed by atoms with Crippen LogP contribution >= 0.6 is 0 Å². The molecule has 0 aliphatic carbocycles. The number of amides is 1. The van der Waals surface area contributed by atoms with Crippen molar-refractivity contribution in [2.75, 3.05) is 6.54 Å². The van der Waals surface area contributed by atoms with Crippen molar-refractivity contribution in [1.29, 1.82) is 0 Å². The maximum atomic E-state index is 13.1. The Balaban J connectivity index is 2.38. The molecule has 1 aliphatic heterocycles. The standard InChI is InChI=1S/C21H29NO3S/c1-4-6-8-19-12-11-18(7-5-2)15-16-22(21(19)23)26(24,25)20-13-9-17(3)10-14-20/h5,9-10,12-14,18H,2,4,6-8,11,15-16H2,1,3H3/b19-12-. The zero-order valence-electron chi connectivity index (χ0n) is 15.8. The number of carbonyl (C=O) groups excluding carboxylic acids is 1. The zero-order valence-corrected chi connectivity index (χ0v) is 16.6. The van der Waals surface area contributed by atoms with E-state index >= 15 is 0 Å². The molecule has 0 aromatic heterocycles. The molecular weight excluding hydrogens is 346 g/mol. The van der Waals surface area contributed by atoms with E-state index in [1.165, 1.54) is 0 Å². The largest absolute Gasteiger partial charge is 0.268 e. The molecule has 1 heterocycles. The van der Waals surface area contributed by atoms with Crippen molar-refractivity contribution in [2.24, 2.45) is 5.92 Å². The Morgan fingerprint density at radius 2 is 1.96 bits per heavy atom. The fourth-order valence-corrected chi connectivity index (χ4v) is 4.58. The van der Waals surface area contributed by atoms with Crippen molar-refractivity contribution in [3.8, 4) is 0 Å². The lowest BCUT2D eigenvalue weighted by atomic mass is 9.93. The highest BCUT2D eigenvalue weighted by Gasteiger charge is 2.32. The molecule has 142 valence electrons. The molecule has 0 fully saturated rings. The number of aryl methyl sites for hydroxylation is 1. The molecule has 0 spiro atoms. The molecule has 0 saturated carbocycles. The van der Waals surface area contributed by atoms with Gasteiger partial charge < -0.3 is 0 Å². The highest BCUT2D eigenvalue weighted by Crippen LogP contribution is 2.27. The Bertz CT molecular complexity index is 763. The first-order chi connectivity index (χ1) is 12.4. The van der Waals surface area contributed by atoms with E-state index in [1.807, 2.05) is 19.1 Å². The van der Waals surface area contributed by atoms with Gasteiger partial charge in [0.25, 0.3) is 15.9 Å². The Hall–Kier alpha value is -1.88. The normalized spacial score (nSPS) is 20.8. The smallest absolute Gasteiger partial charge is 0.266 e. The predicted octanol–water partition coefficient (Wildman–Crippen LogP) is 4.62. The predicted molar refractivity (Wildman–Crippen MR) is 105 cm³/mol. The van der Waals surface area contributed by atoms with Gasteiger partial charge in [-0.05, 0) is 57.1 Å². The molecule has 0 radical (unpaired) electrons. The number of rotatable bonds is 7. The van der Waals surface area contributed by atoms with Gasteiger partial charge in [0.05, 0.1) is 4.90 Å². The number of unbranched alkanes of at least 4 members (excludes halogenated alkanes) is 1. The Morgan fingerprint density at radius 3 is 2.58 bits per heavy atom. The molecule has 26 heavy (non-hydrogen) atoms. The number of benzene rings is 1. The lowest BCUT2D eigenvalue weighted by Gasteiger charge is -2.28. The van der Waals surface area contributed by atoms with E-state index in [-0.39, 0.29) is 17.3 Å². The number of allylic oxidation sites excluding steroid dienone is 2. The van der Waals surface area contributed by atoms with Crippen LogP contribution in [0, 0.1) is 12.8 Å². The van der Waals surface area contributed by atoms with Crippen LogP contribution in [0.1, 0.15) is 51.0 Å². The van der Waals surface area contributed by atoms with Gasteiger partial charge in [-0.15, -0.1) is 6.58 Å². The van der Waals surface area contributed by atoms with E-state index in [0.29, 0.717) is 24.3 Å². The van der Waals surface area contributed by atoms with E-state index in [2.05, 4.69) is 13.5 Å². The summed E-state index contributed by atoms with van der Waals surface area (Å²) in [5, 5.41) is 0. The first kappa shape index (κ1) is 20.4. The van der Waals surface area contributed by atoms with Crippen LogP contribution in [0.15, 0.2) is 53.5 Å². The van der Waals surface area contributed by atoms with Gasteiger partial charge in [-0.3, -0.25) is 4.79 Å². The van der Waals surface area contributed by atoms with Crippen molar-refractivity contribution in [1.82, 2.24) is 4.31 Å². The van der Waals surface area contributed by atoms with Crippen LogP contribution in [0.5, 0.6) is 0 Å². The van der Waals surface area contributed by atoms with E-state index in [0.717, 1.165) is 35.6 Å². The quantitative estimate of drug-likeness (QED) is 0.654. The summed E-state index contributed by atoms with van der Waals surface area (Å²) >= 11 is 0. The molecular formula is C21H29NO3S. The average Bonchev–Trinajstić information content (AvgIpc) is 2.60. The van der Waals surface area contributed by atoms with Crippen molar-refractivity contribution < 1.29 is 13.2 Å². The third-order valence-electron chi connectivity index (χ3n) is 4.85. The summed E-state index contributed by atoms with van der Waals surface area (Å²) in [6, 6.07) is 6.67. The first-order valence-electron chi connectivity index (χ1n) is 9.33. The number of hydrogen-bond donors (Lipinski definition) is 0. The molecule has 0 saturated heterocycles. The van der Waals surface area contributed by atoms with Crippen molar-refractivity contribution >= 4 is 15.9 Å². The lowest BCUT2D eigenvalue weighted by Crippen LogP contribution is -2.40. The molecule has 1 atom stereocenters. The fraction of sp³-hybridized carbons (Fsp3) is 0.476. The topological polar surface area (TPSA) is 54.5 Å². The molecule has 4 nitrogen and oxygen atoms in total. The van der Waals surface area contributed by atoms with Crippen LogP contribution in [0.3, 0.4) is 0 Å². The fourth-order valence-electron chi connectivity index (χ4n) is 3.17. The second-order valence-electron chi connectivity index (χ2n) is 6.94. The van der Waals surface area contributed by atoms with Gasteiger partial charge >= 0.3 is 0 Å². The summed E-state index contributed by atoms with van der Waals surface area (Å²) in [6.45, 7) is 7.99. The monoisotopic (exact) mass is 375 g/mol. The van der Waals surface area contributed by atoms with Crippen molar-refractivity contribution in [2.45, 2.75) is 57.3 Å². The molecule has 1 aliphatic rings. The van der Waals surface area contributed by atoms with E-state index in [1.54, 1.807) is 24.3 Å². The van der Waals surface area contributed by atoms with Gasteiger partial charge in [0.2, 0.25) is 0 Å². The minimum absolute atomic E-state index is 0.173. The summed E-state index contributed by atoms with van der Waals surface area (Å²) in [5.41, 5.74) is 1.61. The average molecular weight is 376 g/mol. The van der Waals surface area contributed by atoms with Gasteiger partial charge in [0.1, 0.15) is 0 Å². The molecule has 2 rings (SSSR count). The van der Waals surface area contributed by atoms with Gasteiger partial charge in [0, 0.05) is 12.1 Å². The summed E-state index contributed by atoms with van der Waals surface area (Å²) in [6.07, 6.45) is 8.55. The minimum Gasteiger partial charge on any atom is -0.268 e. The SMILES string of the molecule is C=CCC1C/C=C(/CCCC)C(=O)N(S(=O)(=O)c2ccc(C)cc2)CC1. The lowest BCUT2D eigenvalue weighted by molar-refractivity contribution is -0.123. The van der Waals surface area contributed by atoms with Crippen LogP contribution in [0.4, 0.5) is 0 Å². The highest BCUT2D eigenvalue weighted by molar-refractivity contribution is 7.89. The van der Waals surface area contributed by atoms with Crippen LogP contribution in [-0.2, 0) is 14.8 Å². The molecule has 1 amide bonds. The molecule has 1 unspecified atom stereocenters. The van der Waals surface area contributed by atoms with Crippen LogP contribution in [0.25, 0.3) is 0 Å². The zero-order chi connectivity index (χ0) is 19.2. The minimum atomic E-state index is -3.85. The van der Waals surface area contributed by atoms with Gasteiger partial charge in [0.15, 0.2) is 0 Å². The first-order valence-corrected chi connectivity index (χ1v) is 10.8. The van der Waals surface area contributed by atoms with Gasteiger partial charge in [-0.2, -0.15) is 0 Å². The van der Waals surface area contributed by atoms with Crippen LogP contribution < -0.4 is 0 Å². The summed E-state index contributed by atoms with van der Waals surface area (Å²) < 4.78 is 27.3. The van der Waals surface area contributed by atoms with Crippen molar-refractivity contribution in [3.05, 3.63) is 54.1 Å². The molecule has 0 bridgehead atoms. The Labute approximate surface area is 157 Å². The van der Waals surface area contributed by atoms with E-state index < -0.39 is 10.0 Å². The van der Waals surface area contributed by atoms with E-state index in [9.17, 15) is 13.2 Å². The molecule has 1 aromatic carbocycles. The van der Waals surface area contributed by atoms with Gasteiger partial charge in [-0.1, -0.05) is 43.2 Å². The summed E-state index contributed by atoms with van der Waals surface area (Å²) in [7, 11) is -3.85. The van der Waals surface area contributed by atoms with Gasteiger partial charge in [-0.25, -0.2) is 12.7 Å². The molecule has 1 aromatic rings. The van der Waals surface area contributed by atoms with E-state index in [4.69, 9.17) is 0 Å². The second-order valence-corrected chi connectivity index (χ2v) is 8.81. The number of nitrogens with zero attached hydrogens (tertiary/aromatic N) is 1. The molecule has 0 N–H and O–H groups in total. The molecule has 5 heteroatoms. The van der Waals surface area contributed by atoms with Crippen LogP contribution in [-0.4, -0.2) is 25.2 Å². The number of sulfonamides is 1. The summed E-state index contributed by atoms with van der Waals surface area (Å²) in [5.74, 6) is -0.0518. The highest BCUT2D eigenvalue weighted by atomic mass is 32.2. The summed E-state index contributed by atoms with van der Waals surface area (Å²) in [4.78, 5) is 13.2. The van der Waals surface area contributed by atoms with Crippen LogP contribution in [0.2, 0.25) is 0 Å². The second kappa shape index (κ2) is 9.17. The Morgan fingerprint density at radius 1 is 1.27 bits per heavy atom. The maximum Gasteiger partial charge on any atom is 0.266 e. The maximum absolute atomic E-state index is 13.1. The van der Waals surface area contributed by atoms with Crippen molar-refractivity contribution in [3.63, 3.8) is 0 Å². The third-order valence-corrected chi connectivity index (χ3v) is 6.64. The Kier molecular flexibility index (Phi) is 7.21. The number of carbonyl (C=O) groups is 1. The number of hydrogen-bond acceptors (Lipinski definition) is 3. The third kappa shape index (κ3) is 4.85.